The van der Waals surface area contributed by atoms with Crippen LogP contribution in [0.3, 0.4) is 0 Å². The van der Waals surface area contributed by atoms with Gasteiger partial charge in [-0.15, -0.1) is 0 Å². The van der Waals surface area contributed by atoms with Gasteiger partial charge in [0.05, 0.1) is 31.6 Å². The lowest BCUT2D eigenvalue weighted by molar-refractivity contribution is 0.0363. The number of fused-ring (bicyclic) bond motifs is 1. The number of ether oxygens (including phenoxy) is 1. The lowest BCUT2D eigenvalue weighted by atomic mass is 10.2. The fourth-order valence-electron chi connectivity index (χ4n) is 1.56. The van der Waals surface area contributed by atoms with Crippen LogP contribution in [0.25, 0.3) is 0 Å². The summed E-state index contributed by atoms with van der Waals surface area (Å²) in [5.41, 5.74) is 0. The summed E-state index contributed by atoms with van der Waals surface area (Å²) in [6.45, 7) is 5.77. The van der Waals surface area contributed by atoms with Gasteiger partial charge in [0.25, 0.3) is 0 Å². The summed E-state index contributed by atoms with van der Waals surface area (Å²) in [6.07, 6.45) is 0. The van der Waals surface area contributed by atoms with Crippen molar-refractivity contribution in [2.75, 3.05) is 26.3 Å². The molecule has 10 heavy (non-hydrogen) atoms. The standard InChI is InChI=1S/C7H12N2O/c1-6-8-4-7-5-10-3-2-9(6)7/h7H,2-5H2,1H3. The van der Waals surface area contributed by atoms with Crippen LogP contribution in [0.15, 0.2) is 4.99 Å². The zero-order valence-electron chi connectivity index (χ0n) is 6.21. The van der Waals surface area contributed by atoms with Gasteiger partial charge in [0.1, 0.15) is 0 Å². The zero-order chi connectivity index (χ0) is 6.97. The number of morpholine rings is 1. The maximum atomic E-state index is 5.32. The molecule has 0 amide bonds. The predicted molar refractivity (Wildman–Crippen MR) is 39.3 cm³/mol. The van der Waals surface area contributed by atoms with Crippen LogP contribution >= 0.6 is 0 Å². The summed E-state index contributed by atoms with van der Waals surface area (Å²) in [6, 6.07) is 0.550. The van der Waals surface area contributed by atoms with Gasteiger partial charge < -0.3 is 9.64 Å². The van der Waals surface area contributed by atoms with Crippen molar-refractivity contribution in [2.24, 2.45) is 4.99 Å². The Kier molecular flexibility index (Phi) is 1.38. The smallest absolute Gasteiger partial charge is 0.0963 e. The molecule has 3 nitrogen and oxygen atoms in total. The summed E-state index contributed by atoms with van der Waals surface area (Å²) >= 11 is 0. The summed E-state index contributed by atoms with van der Waals surface area (Å²) in [4.78, 5) is 6.68. The molecule has 1 saturated heterocycles. The SMILES string of the molecule is CC1=NCC2COCCN12. The van der Waals surface area contributed by atoms with E-state index in [1.54, 1.807) is 0 Å². The highest BCUT2D eigenvalue weighted by Crippen LogP contribution is 2.13. The Labute approximate surface area is 60.7 Å². The van der Waals surface area contributed by atoms with Crippen LogP contribution in [-0.4, -0.2) is 43.1 Å². The van der Waals surface area contributed by atoms with Gasteiger partial charge in [-0.3, -0.25) is 4.99 Å². The minimum absolute atomic E-state index is 0.550. The number of hydrogen-bond acceptors (Lipinski definition) is 3. The third kappa shape index (κ3) is 0.814. The average molecular weight is 140 g/mol. The van der Waals surface area contributed by atoms with Crippen LogP contribution < -0.4 is 0 Å². The Hall–Kier alpha value is -0.570. The Bertz CT molecular complexity index is 167. The van der Waals surface area contributed by atoms with Crippen LogP contribution in [0.4, 0.5) is 0 Å². The van der Waals surface area contributed by atoms with E-state index in [1.165, 1.54) is 5.84 Å². The molecule has 0 aromatic heterocycles. The van der Waals surface area contributed by atoms with E-state index in [0.29, 0.717) is 6.04 Å². The molecular formula is C7H12N2O. The predicted octanol–water partition coefficient (Wildman–Crippen LogP) is 0.119. The summed E-state index contributed by atoms with van der Waals surface area (Å²) in [5.74, 6) is 1.19. The van der Waals surface area contributed by atoms with Crippen molar-refractivity contribution in [3.63, 3.8) is 0 Å². The van der Waals surface area contributed by atoms with Crippen molar-refractivity contribution in [1.82, 2.24) is 4.90 Å². The fourth-order valence-corrected chi connectivity index (χ4v) is 1.56. The normalized spacial score (nSPS) is 31.9. The highest BCUT2D eigenvalue weighted by molar-refractivity contribution is 5.81. The molecule has 0 aromatic carbocycles. The van der Waals surface area contributed by atoms with Gasteiger partial charge >= 0.3 is 0 Å². The Morgan fingerprint density at radius 2 is 2.60 bits per heavy atom. The summed E-state index contributed by atoms with van der Waals surface area (Å²) in [5, 5.41) is 0. The van der Waals surface area contributed by atoms with E-state index in [9.17, 15) is 0 Å². The van der Waals surface area contributed by atoms with Crippen LogP contribution in [0.2, 0.25) is 0 Å². The van der Waals surface area contributed by atoms with Crippen molar-refractivity contribution in [3.05, 3.63) is 0 Å². The first-order valence-corrected chi connectivity index (χ1v) is 3.73. The molecule has 0 aliphatic carbocycles. The molecule has 1 atom stereocenters. The molecule has 0 saturated carbocycles. The van der Waals surface area contributed by atoms with Crippen LogP contribution in [0, 0.1) is 0 Å². The molecule has 2 aliphatic rings. The van der Waals surface area contributed by atoms with E-state index in [-0.39, 0.29) is 0 Å². The molecule has 56 valence electrons. The molecule has 0 radical (unpaired) electrons. The van der Waals surface area contributed by atoms with Crippen LogP contribution in [0.5, 0.6) is 0 Å². The molecule has 1 fully saturated rings. The van der Waals surface area contributed by atoms with E-state index in [0.717, 1.165) is 26.3 Å². The maximum absolute atomic E-state index is 5.32. The summed E-state index contributed by atoms with van der Waals surface area (Å²) < 4.78 is 5.32. The number of amidine groups is 1. The number of nitrogens with zero attached hydrogens (tertiary/aromatic N) is 2. The molecular weight excluding hydrogens is 128 g/mol. The van der Waals surface area contributed by atoms with Crippen molar-refractivity contribution >= 4 is 5.84 Å². The van der Waals surface area contributed by atoms with E-state index < -0.39 is 0 Å². The first-order chi connectivity index (χ1) is 4.88. The van der Waals surface area contributed by atoms with E-state index in [1.807, 2.05) is 0 Å². The second kappa shape index (κ2) is 2.23. The number of rotatable bonds is 0. The highest BCUT2D eigenvalue weighted by atomic mass is 16.5. The largest absolute Gasteiger partial charge is 0.377 e. The van der Waals surface area contributed by atoms with Gasteiger partial charge in [-0.2, -0.15) is 0 Å². The molecule has 2 aliphatic heterocycles. The molecule has 0 aromatic rings. The molecule has 1 unspecified atom stereocenters. The maximum Gasteiger partial charge on any atom is 0.0963 e. The second-order valence-corrected chi connectivity index (χ2v) is 2.81. The van der Waals surface area contributed by atoms with Gasteiger partial charge in [0.15, 0.2) is 0 Å². The minimum atomic E-state index is 0.550. The number of aliphatic imine (C=N–C) groups is 1. The third-order valence-electron chi connectivity index (χ3n) is 2.17. The first kappa shape index (κ1) is 6.16. The molecule has 2 rings (SSSR count). The van der Waals surface area contributed by atoms with Crippen molar-refractivity contribution in [1.29, 1.82) is 0 Å². The minimum Gasteiger partial charge on any atom is -0.377 e. The van der Waals surface area contributed by atoms with Gasteiger partial charge in [0, 0.05) is 6.54 Å². The molecule has 0 N–H and O–H groups in total. The van der Waals surface area contributed by atoms with E-state index in [4.69, 9.17) is 4.74 Å². The Morgan fingerprint density at radius 1 is 1.70 bits per heavy atom. The Balaban J connectivity index is 2.08. The van der Waals surface area contributed by atoms with Crippen molar-refractivity contribution < 1.29 is 4.74 Å². The van der Waals surface area contributed by atoms with Gasteiger partial charge in [-0.25, -0.2) is 0 Å². The topological polar surface area (TPSA) is 24.8 Å². The Morgan fingerprint density at radius 3 is 3.40 bits per heavy atom. The molecule has 3 heteroatoms. The molecule has 2 heterocycles. The quantitative estimate of drug-likeness (QED) is 0.477. The van der Waals surface area contributed by atoms with Crippen LogP contribution in [-0.2, 0) is 4.74 Å². The summed E-state index contributed by atoms with van der Waals surface area (Å²) in [7, 11) is 0. The lowest BCUT2D eigenvalue weighted by Crippen LogP contribution is -2.45. The fraction of sp³-hybridized carbons (Fsp3) is 0.857. The van der Waals surface area contributed by atoms with E-state index in [2.05, 4.69) is 16.8 Å². The third-order valence-corrected chi connectivity index (χ3v) is 2.17. The second-order valence-electron chi connectivity index (χ2n) is 2.81. The lowest BCUT2D eigenvalue weighted by Gasteiger charge is -2.30. The zero-order valence-corrected chi connectivity index (χ0v) is 6.21. The number of hydrogen-bond donors (Lipinski definition) is 0. The van der Waals surface area contributed by atoms with Crippen molar-refractivity contribution in [2.45, 2.75) is 13.0 Å². The van der Waals surface area contributed by atoms with E-state index >= 15 is 0 Å². The average Bonchev–Trinajstić information content (AvgIpc) is 2.34. The van der Waals surface area contributed by atoms with Gasteiger partial charge in [0.2, 0.25) is 0 Å². The first-order valence-electron chi connectivity index (χ1n) is 3.73. The molecule has 0 spiro atoms. The van der Waals surface area contributed by atoms with Gasteiger partial charge in [-0.1, -0.05) is 0 Å². The molecule has 0 bridgehead atoms. The van der Waals surface area contributed by atoms with Crippen LogP contribution in [0.1, 0.15) is 6.92 Å². The van der Waals surface area contributed by atoms with Crippen molar-refractivity contribution in [3.8, 4) is 0 Å². The monoisotopic (exact) mass is 140 g/mol. The highest BCUT2D eigenvalue weighted by Gasteiger charge is 2.27. The van der Waals surface area contributed by atoms with Gasteiger partial charge in [-0.05, 0) is 6.92 Å².